The number of rotatable bonds is 5. The Morgan fingerprint density at radius 2 is 2.24 bits per heavy atom. The van der Waals surface area contributed by atoms with Crippen LogP contribution in [0.3, 0.4) is 0 Å². The van der Waals surface area contributed by atoms with Gasteiger partial charge in [0.25, 0.3) is 0 Å². The van der Waals surface area contributed by atoms with Crippen molar-refractivity contribution in [3.63, 3.8) is 0 Å². The maximum absolute atomic E-state index is 4.84. The van der Waals surface area contributed by atoms with E-state index in [2.05, 4.69) is 59.9 Å². The Bertz CT molecular complexity index is 587. The molecule has 1 N–H and O–H groups in total. The second-order valence-corrected chi connectivity index (χ2v) is 7.20. The number of hydrogen-bond acceptors (Lipinski definition) is 3. The molecule has 0 amide bonds. The Hall–Kier alpha value is -1.000. The summed E-state index contributed by atoms with van der Waals surface area (Å²) in [6.45, 7) is 3.24. The highest BCUT2D eigenvalue weighted by Crippen LogP contribution is 2.29. The molecule has 1 aliphatic heterocycles. The SMILES string of the molecule is CCNC(Cc1nc2ccccc2n1C)C1CCCCS1. The lowest BCUT2D eigenvalue weighted by Crippen LogP contribution is -2.41. The van der Waals surface area contributed by atoms with Gasteiger partial charge < -0.3 is 9.88 Å². The number of thioether (sulfide) groups is 1. The van der Waals surface area contributed by atoms with Gasteiger partial charge in [-0.2, -0.15) is 11.8 Å². The summed E-state index contributed by atoms with van der Waals surface area (Å²) in [6.07, 6.45) is 5.12. The van der Waals surface area contributed by atoms with Gasteiger partial charge in [0.2, 0.25) is 0 Å². The van der Waals surface area contributed by atoms with Crippen LogP contribution >= 0.6 is 11.8 Å². The average molecular weight is 303 g/mol. The van der Waals surface area contributed by atoms with Crippen LogP contribution in [-0.4, -0.2) is 33.1 Å². The van der Waals surface area contributed by atoms with E-state index in [0.29, 0.717) is 6.04 Å². The minimum absolute atomic E-state index is 0.538. The number of nitrogens with one attached hydrogen (secondary N) is 1. The number of hydrogen-bond donors (Lipinski definition) is 1. The Kier molecular flexibility index (Phi) is 4.86. The van der Waals surface area contributed by atoms with Crippen LogP contribution in [0.25, 0.3) is 11.0 Å². The number of para-hydroxylation sites is 2. The van der Waals surface area contributed by atoms with Gasteiger partial charge in [-0.3, -0.25) is 0 Å². The fourth-order valence-electron chi connectivity index (χ4n) is 3.25. The first-order valence-corrected chi connectivity index (χ1v) is 9.09. The normalized spacial score (nSPS) is 20.8. The first-order chi connectivity index (χ1) is 10.3. The van der Waals surface area contributed by atoms with Crippen molar-refractivity contribution >= 4 is 22.8 Å². The van der Waals surface area contributed by atoms with Gasteiger partial charge >= 0.3 is 0 Å². The molecule has 114 valence electrons. The van der Waals surface area contributed by atoms with E-state index >= 15 is 0 Å². The topological polar surface area (TPSA) is 29.9 Å². The molecule has 2 atom stereocenters. The molecule has 1 aromatic heterocycles. The molecule has 2 heterocycles. The molecule has 1 aliphatic rings. The smallest absolute Gasteiger partial charge is 0.111 e. The van der Waals surface area contributed by atoms with Gasteiger partial charge in [-0.05, 0) is 37.3 Å². The summed E-state index contributed by atoms with van der Waals surface area (Å²) >= 11 is 2.14. The minimum Gasteiger partial charge on any atom is -0.331 e. The van der Waals surface area contributed by atoms with Crippen LogP contribution in [0.5, 0.6) is 0 Å². The van der Waals surface area contributed by atoms with Gasteiger partial charge in [0.1, 0.15) is 5.82 Å². The molecule has 1 saturated heterocycles. The summed E-state index contributed by atoms with van der Waals surface area (Å²) < 4.78 is 2.26. The number of imidazole rings is 1. The van der Waals surface area contributed by atoms with Gasteiger partial charge in [-0.15, -0.1) is 0 Å². The maximum Gasteiger partial charge on any atom is 0.111 e. The molecule has 21 heavy (non-hydrogen) atoms. The summed E-state index contributed by atoms with van der Waals surface area (Å²) in [5.41, 5.74) is 2.35. The van der Waals surface area contributed by atoms with Crippen LogP contribution in [0, 0.1) is 0 Å². The Labute approximate surface area is 131 Å². The predicted octanol–water partition coefficient (Wildman–Crippen LogP) is 3.38. The molecule has 1 aromatic carbocycles. The largest absolute Gasteiger partial charge is 0.331 e. The monoisotopic (exact) mass is 303 g/mol. The molecule has 1 fully saturated rings. The van der Waals surface area contributed by atoms with Crippen molar-refractivity contribution < 1.29 is 0 Å². The molecule has 3 nitrogen and oxygen atoms in total. The number of fused-ring (bicyclic) bond motifs is 1. The second-order valence-electron chi connectivity index (χ2n) is 5.85. The molecule has 2 aromatic rings. The van der Waals surface area contributed by atoms with Crippen LogP contribution in [-0.2, 0) is 13.5 Å². The van der Waals surface area contributed by atoms with E-state index in [1.54, 1.807) is 0 Å². The number of likely N-dealkylation sites (N-methyl/N-ethyl adjacent to an activating group) is 1. The van der Waals surface area contributed by atoms with Crippen molar-refractivity contribution in [2.75, 3.05) is 12.3 Å². The third-order valence-electron chi connectivity index (χ3n) is 4.41. The Balaban J connectivity index is 1.81. The van der Waals surface area contributed by atoms with Crippen molar-refractivity contribution in [1.82, 2.24) is 14.9 Å². The third kappa shape index (κ3) is 3.27. The number of aryl methyl sites for hydroxylation is 1. The van der Waals surface area contributed by atoms with Gasteiger partial charge in [-0.25, -0.2) is 4.98 Å². The predicted molar refractivity (Wildman–Crippen MR) is 92.0 cm³/mol. The molecule has 0 saturated carbocycles. The van der Waals surface area contributed by atoms with Crippen molar-refractivity contribution in [2.45, 2.75) is 43.9 Å². The highest BCUT2D eigenvalue weighted by Gasteiger charge is 2.25. The molecule has 0 spiro atoms. The fraction of sp³-hybridized carbons (Fsp3) is 0.588. The molecule has 0 bridgehead atoms. The zero-order chi connectivity index (χ0) is 14.7. The highest BCUT2D eigenvalue weighted by molar-refractivity contribution is 8.00. The van der Waals surface area contributed by atoms with Crippen LogP contribution in [0.15, 0.2) is 24.3 Å². The summed E-state index contributed by atoms with van der Waals surface area (Å²) in [5, 5.41) is 4.43. The molecule has 2 unspecified atom stereocenters. The molecular weight excluding hydrogens is 278 g/mol. The summed E-state index contributed by atoms with van der Waals surface area (Å²) in [4.78, 5) is 4.84. The lowest BCUT2D eigenvalue weighted by molar-refractivity contribution is 0.461. The standard InChI is InChI=1S/C17H25N3S/c1-3-18-14(16-10-6-7-11-21-16)12-17-19-13-8-4-5-9-15(13)20(17)2/h4-5,8-9,14,16,18H,3,6-7,10-12H2,1-2H3. The third-order valence-corrected chi connectivity index (χ3v) is 5.93. The zero-order valence-corrected chi connectivity index (χ0v) is 13.8. The summed E-state index contributed by atoms with van der Waals surface area (Å²) in [7, 11) is 2.14. The zero-order valence-electron chi connectivity index (χ0n) is 13.0. The first-order valence-electron chi connectivity index (χ1n) is 8.05. The Morgan fingerprint density at radius 3 is 2.95 bits per heavy atom. The van der Waals surface area contributed by atoms with Gasteiger partial charge in [0.15, 0.2) is 0 Å². The molecular formula is C17H25N3S. The van der Waals surface area contributed by atoms with Gasteiger partial charge in [0.05, 0.1) is 11.0 Å². The molecule has 3 rings (SSSR count). The minimum atomic E-state index is 0.538. The van der Waals surface area contributed by atoms with E-state index in [4.69, 9.17) is 4.98 Å². The fourth-order valence-corrected chi connectivity index (χ4v) is 4.69. The van der Waals surface area contributed by atoms with Crippen LogP contribution in [0.1, 0.15) is 32.0 Å². The van der Waals surface area contributed by atoms with Crippen molar-refractivity contribution in [2.24, 2.45) is 7.05 Å². The Morgan fingerprint density at radius 1 is 1.38 bits per heavy atom. The lowest BCUT2D eigenvalue weighted by atomic mass is 10.0. The van der Waals surface area contributed by atoms with Crippen molar-refractivity contribution in [1.29, 1.82) is 0 Å². The van der Waals surface area contributed by atoms with E-state index in [9.17, 15) is 0 Å². The van der Waals surface area contributed by atoms with Crippen molar-refractivity contribution in [3.8, 4) is 0 Å². The van der Waals surface area contributed by atoms with Crippen LogP contribution < -0.4 is 5.32 Å². The summed E-state index contributed by atoms with van der Waals surface area (Å²) in [5.74, 6) is 2.52. The second kappa shape index (κ2) is 6.84. The highest BCUT2D eigenvalue weighted by atomic mass is 32.2. The maximum atomic E-state index is 4.84. The van der Waals surface area contributed by atoms with Crippen LogP contribution in [0.4, 0.5) is 0 Å². The molecule has 0 aliphatic carbocycles. The van der Waals surface area contributed by atoms with E-state index in [1.807, 2.05) is 0 Å². The van der Waals surface area contributed by atoms with Gasteiger partial charge in [0, 0.05) is 24.8 Å². The van der Waals surface area contributed by atoms with E-state index in [0.717, 1.165) is 23.7 Å². The van der Waals surface area contributed by atoms with Crippen molar-refractivity contribution in [3.05, 3.63) is 30.1 Å². The van der Waals surface area contributed by atoms with E-state index in [1.165, 1.54) is 36.4 Å². The molecule has 0 radical (unpaired) electrons. The first kappa shape index (κ1) is 14.9. The van der Waals surface area contributed by atoms with E-state index < -0.39 is 0 Å². The quantitative estimate of drug-likeness (QED) is 0.918. The average Bonchev–Trinajstić information content (AvgIpc) is 2.84. The van der Waals surface area contributed by atoms with Crippen LogP contribution in [0.2, 0.25) is 0 Å². The number of benzene rings is 1. The number of aromatic nitrogens is 2. The summed E-state index contributed by atoms with van der Waals surface area (Å²) in [6, 6.07) is 8.96. The number of nitrogens with zero attached hydrogens (tertiary/aromatic N) is 2. The van der Waals surface area contributed by atoms with E-state index in [-0.39, 0.29) is 0 Å². The van der Waals surface area contributed by atoms with Gasteiger partial charge in [-0.1, -0.05) is 25.5 Å². The molecule has 4 heteroatoms. The lowest BCUT2D eigenvalue weighted by Gasteiger charge is -2.30.